The van der Waals surface area contributed by atoms with Gasteiger partial charge in [0.15, 0.2) is 17.3 Å². The third kappa shape index (κ3) is 16.3. The average Bonchev–Trinajstić information content (AvgIpc) is 1.37. The topological polar surface area (TPSA) is 311 Å². The van der Waals surface area contributed by atoms with Gasteiger partial charge in [0.05, 0.1) is 43.2 Å². The summed E-state index contributed by atoms with van der Waals surface area (Å²) in [5.74, 6) is -12.1. The lowest BCUT2D eigenvalue weighted by Crippen LogP contribution is -2.61. The zero-order valence-electron chi connectivity index (χ0n) is 60.5. The Kier molecular flexibility index (Phi) is 25.3. The van der Waals surface area contributed by atoms with Gasteiger partial charge < -0.3 is 62.2 Å². The van der Waals surface area contributed by atoms with E-state index in [2.05, 4.69) is 0 Å². The molecule has 2 N–H and O–H groups in total. The van der Waals surface area contributed by atoms with Crippen molar-refractivity contribution in [3.8, 4) is 0 Å². The summed E-state index contributed by atoms with van der Waals surface area (Å²) >= 11 is 0. The molecule has 2 bridgehead atoms. The van der Waals surface area contributed by atoms with Gasteiger partial charge in [-0.2, -0.15) is 0 Å². The molecule has 23 heteroatoms. The molecule has 4 aliphatic carbocycles. The van der Waals surface area contributed by atoms with Crippen LogP contribution in [0.25, 0.3) is 0 Å². The van der Waals surface area contributed by atoms with E-state index in [9.17, 15) is 58.2 Å². The maximum absolute atomic E-state index is 14.7. The number of furan rings is 1. The van der Waals surface area contributed by atoms with E-state index in [1.165, 1.54) is 27.4 Å². The first kappa shape index (κ1) is 77.4. The van der Waals surface area contributed by atoms with Crippen molar-refractivity contribution >= 4 is 58.9 Å². The standard InChI is InChI=1S/C77H105NO22/c1-41-19-15-14-16-20-42(2)56(92-12)36-51-25-22-47(7)77(90,100-51)71(86)72(87)78-32-18-17-21-54(78)74(89)97-57(37-55(80)43(3)34-46(6)67(84)70(93-13)66(83)45(5)33-41)44(4)35-49-23-26-50(27-24-49)96-61(81)30-31-62(82)98-59-29-28-53-63-65(58(95-48(8)79)38-75(53,59)9)76(10)60(40-91-11)99-73(88)52-39-94-69(64(52)76)68(63)85/h14-16,19-20,34,39,41,44-47,49-51,53-54,56-60,67,70,84,90H,17-18,21-33,35-38,40H2,1-13H3/t41-,44-,45-,46?,47-,49?,50?,51+,53?,54+,56+,57+,58-,59+,60-,67-,70+,75+,76+,77-/m1/s1. The minimum Gasteiger partial charge on any atom is -0.462 e. The molecule has 0 radical (unpaired) electrons. The molecule has 1 amide bonds. The smallest absolute Gasteiger partial charge is 0.342 e. The summed E-state index contributed by atoms with van der Waals surface area (Å²) in [5, 5.41) is 23.8. The summed E-state index contributed by atoms with van der Waals surface area (Å²) in [6, 6.07) is -1.23. The largest absolute Gasteiger partial charge is 0.462 e. The quantitative estimate of drug-likeness (QED) is 0.105. The molecule has 2 unspecified atom stereocenters. The first-order valence-electron chi connectivity index (χ1n) is 36.0. The van der Waals surface area contributed by atoms with Crippen LogP contribution in [0.15, 0.2) is 69.4 Å². The number of hydrogen-bond donors (Lipinski definition) is 2. The van der Waals surface area contributed by atoms with Gasteiger partial charge in [0.2, 0.25) is 11.6 Å². The highest BCUT2D eigenvalue weighted by Gasteiger charge is 2.65. The van der Waals surface area contributed by atoms with Crippen LogP contribution < -0.4 is 0 Å². The minimum absolute atomic E-state index is 0.00525. The van der Waals surface area contributed by atoms with E-state index < -0.39 is 160 Å². The highest BCUT2D eigenvalue weighted by Crippen LogP contribution is 2.63. The number of piperidine rings is 1. The van der Waals surface area contributed by atoms with E-state index in [0.29, 0.717) is 93.8 Å². The second-order valence-electron chi connectivity index (χ2n) is 30.2. The molecule has 5 heterocycles. The molecule has 2 saturated carbocycles. The van der Waals surface area contributed by atoms with E-state index >= 15 is 0 Å². The van der Waals surface area contributed by atoms with Crippen LogP contribution >= 0.6 is 0 Å². The summed E-state index contributed by atoms with van der Waals surface area (Å²) in [6.07, 6.45) is 10.1. The van der Waals surface area contributed by atoms with E-state index in [1.54, 1.807) is 40.9 Å². The van der Waals surface area contributed by atoms with Gasteiger partial charge in [0.1, 0.15) is 54.5 Å². The van der Waals surface area contributed by atoms with Gasteiger partial charge in [-0.1, -0.05) is 78.0 Å². The number of carbonyl (C=O) groups is 10. The third-order valence-electron chi connectivity index (χ3n) is 23.1. The number of methoxy groups -OCH3 is 3. The lowest BCUT2D eigenvalue weighted by Gasteiger charge is -2.52. The van der Waals surface area contributed by atoms with E-state index in [-0.39, 0.29) is 86.2 Å². The van der Waals surface area contributed by atoms with Crippen LogP contribution in [-0.2, 0) is 86.4 Å². The van der Waals surface area contributed by atoms with Gasteiger partial charge in [-0.15, -0.1) is 0 Å². The molecule has 0 aromatic carbocycles. The number of aliphatic hydroxyl groups is 2. The van der Waals surface area contributed by atoms with Crippen LogP contribution in [0.5, 0.6) is 0 Å². The number of amides is 1. The number of rotatable bonds is 13. The van der Waals surface area contributed by atoms with Crippen molar-refractivity contribution in [3.63, 3.8) is 0 Å². The number of Topliss-reactive ketones (excluding diaryl/α,β-unsaturated/α-hetero) is 4. The zero-order valence-corrected chi connectivity index (χ0v) is 60.5. The Bertz CT molecular complexity index is 3420. The van der Waals surface area contributed by atoms with E-state index in [4.69, 9.17) is 47.0 Å². The van der Waals surface area contributed by atoms with Crippen LogP contribution in [-0.4, -0.2) is 175 Å². The van der Waals surface area contributed by atoms with Gasteiger partial charge in [0.25, 0.3) is 11.7 Å². The van der Waals surface area contributed by atoms with Gasteiger partial charge in [0, 0.05) is 81.9 Å². The fraction of sp³-hybridized carbons (Fsp3) is 0.688. The average molecular weight is 1400 g/mol. The highest BCUT2D eigenvalue weighted by atomic mass is 16.6. The Balaban J connectivity index is 0.857. The molecule has 4 aliphatic heterocycles. The molecule has 1 aromatic heterocycles. The van der Waals surface area contributed by atoms with E-state index in [0.717, 1.165) is 10.5 Å². The summed E-state index contributed by atoms with van der Waals surface area (Å²) in [4.78, 5) is 141. The molecule has 2 saturated heterocycles. The van der Waals surface area contributed by atoms with Crippen molar-refractivity contribution in [2.45, 2.75) is 257 Å². The highest BCUT2D eigenvalue weighted by molar-refractivity contribution is 6.39. The SMILES string of the molecule is COC[C@H]1OC(=O)c2coc3c2[C@@]1(C)C1=C(C3=O)C2CC[C@H](OC(=O)CCC(=O)OC3CCC(C[C@@H](C)[C@@H]4CC(=O)C(C)=CC(C)[C@@H](O)[C@@H](OC)C(=O)[C@H](C)C[C@H](C)C=CC=CC=C(C)[C@@H](OC)C[C@@H]5CC[C@@H](C)[C@@](O)(O5)C(=O)C(=O)N5CCCC[C@H]5C(=O)O4)CC3)[C@@]2(C)C[C@H]1OC(C)=O. The normalized spacial score (nSPS) is 36.2. The van der Waals surface area contributed by atoms with Crippen molar-refractivity contribution in [1.29, 1.82) is 0 Å². The number of hydrogen-bond acceptors (Lipinski definition) is 22. The second kappa shape index (κ2) is 32.7. The molecule has 4 fully saturated rings. The van der Waals surface area contributed by atoms with Gasteiger partial charge in [-0.25, -0.2) is 9.59 Å². The Hall–Kier alpha value is -6.76. The first-order chi connectivity index (χ1) is 47.4. The summed E-state index contributed by atoms with van der Waals surface area (Å²) in [7, 11) is 4.40. The van der Waals surface area contributed by atoms with Crippen molar-refractivity contribution in [3.05, 3.63) is 81.9 Å². The molecule has 8 aliphatic rings. The molecule has 23 nitrogen and oxygen atoms in total. The van der Waals surface area contributed by atoms with Crippen LogP contribution in [0.2, 0.25) is 0 Å². The van der Waals surface area contributed by atoms with Crippen LogP contribution in [0.3, 0.4) is 0 Å². The maximum Gasteiger partial charge on any atom is 0.342 e. The number of carbonyl (C=O) groups excluding carboxylic acids is 10. The first-order valence-corrected chi connectivity index (χ1v) is 36.0. The molecular weight excluding hydrogens is 1290 g/mol. The number of aliphatic hydroxyl groups excluding tert-OH is 1. The molecule has 550 valence electrons. The number of ether oxygens (including phenoxy) is 9. The monoisotopic (exact) mass is 1400 g/mol. The van der Waals surface area contributed by atoms with Crippen molar-refractivity contribution < 1.29 is 105 Å². The lowest BCUT2D eigenvalue weighted by molar-refractivity contribution is -0.265. The Labute approximate surface area is 586 Å². The van der Waals surface area contributed by atoms with Crippen LogP contribution in [0.4, 0.5) is 0 Å². The molecule has 0 spiro atoms. The van der Waals surface area contributed by atoms with Crippen molar-refractivity contribution in [1.82, 2.24) is 4.90 Å². The summed E-state index contributed by atoms with van der Waals surface area (Å²) in [5.41, 5.74) is 0.421. The minimum atomic E-state index is -2.50. The number of allylic oxidation sites excluding steroid dienone is 7. The lowest BCUT2D eigenvalue weighted by atomic mass is 9.54. The number of ketones is 4. The third-order valence-corrected chi connectivity index (χ3v) is 23.1. The Morgan fingerprint density at radius 2 is 1.51 bits per heavy atom. The molecule has 18 atom stereocenters. The molecule has 1 aromatic rings. The molecule has 100 heavy (non-hydrogen) atoms. The molecular formula is C77H105NO22. The predicted molar refractivity (Wildman–Crippen MR) is 361 cm³/mol. The van der Waals surface area contributed by atoms with Gasteiger partial charge in [-0.05, 0) is 151 Å². The maximum atomic E-state index is 14.7. The second-order valence-corrected chi connectivity index (χ2v) is 30.2. The Morgan fingerprint density at radius 3 is 2.19 bits per heavy atom. The predicted octanol–water partition coefficient (Wildman–Crippen LogP) is 9.78. The zero-order chi connectivity index (χ0) is 72.9. The van der Waals surface area contributed by atoms with Crippen LogP contribution in [0, 0.1) is 46.8 Å². The van der Waals surface area contributed by atoms with Gasteiger partial charge >= 0.3 is 29.8 Å². The van der Waals surface area contributed by atoms with E-state index in [1.807, 2.05) is 65.0 Å². The van der Waals surface area contributed by atoms with Crippen molar-refractivity contribution in [2.24, 2.45) is 46.8 Å². The summed E-state index contributed by atoms with van der Waals surface area (Å²) in [6.45, 7) is 17.5. The number of fused-ring (bicyclic) bond motifs is 6. The number of cyclic esters (lactones) is 2. The fourth-order valence-electron chi connectivity index (χ4n) is 17.3. The fourth-order valence-corrected chi connectivity index (χ4v) is 17.3. The number of esters is 5. The van der Waals surface area contributed by atoms with Crippen molar-refractivity contribution in [2.75, 3.05) is 34.5 Å². The van der Waals surface area contributed by atoms with Crippen LogP contribution in [0.1, 0.15) is 211 Å². The van der Waals surface area contributed by atoms with Gasteiger partial charge in [-0.3, -0.25) is 38.4 Å². The summed E-state index contributed by atoms with van der Waals surface area (Å²) < 4.78 is 59.5. The number of nitrogens with zero attached hydrogens (tertiary/aromatic N) is 1. The Morgan fingerprint density at radius 1 is 0.800 bits per heavy atom. The molecule has 9 rings (SSSR count).